The average molecular weight is 335 g/mol. The Morgan fingerprint density at radius 2 is 1.74 bits per heavy atom. The van der Waals surface area contributed by atoms with Gasteiger partial charge in [-0.15, -0.1) is 0 Å². The van der Waals surface area contributed by atoms with Gasteiger partial charge in [-0.1, -0.05) is 31.2 Å². The van der Waals surface area contributed by atoms with Gasteiger partial charge in [-0.2, -0.15) is 0 Å². The van der Waals surface area contributed by atoms with E-state index in [0.29, 0.717) is 17.9 Å². The lowest BCUT2D eigenvalue weighted by Crippen LogP contribution is -2.26. The molecule has 0 atom stereocenters. The minimum absolute atomic E-state index is 0.0110. The first-order valence-corrected chi connectivity index (χ1v) is 8.93. The molecular weight excluding hydrogens is 317 g/mol. The smallest absolute Gasteiger partial charge is 0.254 e. The maximum absolute atomic E-state index is 13.5. The third kappa shape index (κ3) is 4.39. The van der Waals surface area contributed by atoms with Crippen LogP contribution in [0.4, 0.5) is 4.39 Å². The van der Waals surface area contributed by atoms with E-state index in [1.54, 1.807) is 37.3 Å². The molecule has 0 heterocycles. The first kappa shape index (κ1) is 17.1. The second-order valence-electron chi connectivity index (χ2n) is 5.03. The molecule has 0 fully saturated rings. The van der Waals surface area contributed by atoms with Gasteiger partial charge in [0.05, 0.1) is 16.2 Å². The number of nitrogens with one attached hydrogen (secondary N) is 1. The summed E-state index contributed by atoms with van der Waals surface area (Å²) in [6, 6.07) is 12.4. The molecule has 23 heavy (non-hydrogen) atoms. The highest BCUT2D eigenvalue weighted by atomic mass is 32.2. The van der Waals surface area contributed by atoms with Gasteiger partial charge in [-0.25, -0.2) is 12.8 Å². The molecule has 2 aromatic rings. The fourth-order valence-electron chi connectivity index (χ4n) is 2.09. The van der Waals surface area contributed by atoms with Gasteiger partial charge in [-0.05, 0) is 36.2 Å². The largest absolute Gasteiger partial charge is 0.352 e. The van der Waals surface area contributed by atoms with Crippen molar-refractivity contribution in [3.63, 3.8) is 0 Å². The van der Waals surface area contributed by atoms with Crippen LogP contribution in [-0.4, -0.2) is 26.6 Å². The predicted octanol–water partition coefficient (Wildman–Crippen LogP) is 2.59. The van der Waals surface area contributed by atoms with Crippen molar-refractivity contribution < 1.29 is 17.6 Å². The number of rotatable bonds is 6. The van der Waals surface area contributed by atoms with Gasteiger partial charge >= 0.3 is 0 Å². The molecule has 0 saturated carbocycles. The Balaban J connectivity index is 1.92. The Morgan fingerprint density at radius 1 is 1.09 bits per heavy atom. The number of carbonyl (C=O) groups excluding carboxylic acids is 1. The van der Waals surface area contributed by atoms with E-state index in [1.165, 1.54) is 18.2 Å². The van der Waals surface area contributed by atoms with Crippen molar-refractivity contribution >= 4 is 15.7 Å². The zero-order valence-electron chi connectivity index (χ0n) is 12.8. The van der Waals surface area contributed by atoms with Crippen molar-refractivity contribution in [3.05, 3.63) is 65.5 Å². The predicted molar refractivity (Wildman–Crippen MR) is 86.6 cm³/mol. The molecule has 122 valence electrons. The van der Waals surface area contributed by atoms with Gasteiger partial charge in [0.2, 0.25) is 0 Å². The lowest BCUT2D eigenvalue weighted by atomic mass is 10.1. The van der Waals surface area contributed by atoms with Crippen molar-refractivity contribution in [2.75, 3.05) is 12.3 Å². The van der Waals surface area contributed by atoms with Crippen molar-refractivity contribution in [3.8, 4) is 0 Å². The van der Waals surface area contributed by atoms with Gasteiger partial charge in [0, 0.05) is 6.54 Å². The molecule has 1 amide bonds. The van der Waals surface area contributed by atoms with Crippen LogP contribution in [0.3, 0.4) is 0 Å². The van der Waals surface area contributed by atoms with Crippen molar-refractivity contribution in [2.24, 2.45) is 0 Å². The summed E-state index contributed by atoms with van der Waals surface area (Å²) in [7, 11) is -3.20. The SMILES string of the molecule is CCS(=O)(=O)c1ccc(CCNC(=O)c2ccccc2F)cc1. The quantitative estimate of drug-likeness (QED) is 0.882. The van der Waals surface area contributed by atoms with Gasteiger partial charge in [0.25, 0.3) is 5.91 Å². The highest BCUT2D eigenvalue weighted by molar-refractivity contribution is 7.91. The van der Waals surface area contributed by atoms with Crippen LogP contribution in [0.1, 0.15) is 22.8 Å². The van der Waals surface area contributed by atoms with Gasteiger partial charge in [0.1, 0.15) is 5.82 Å². The first-order valence-electron chi connectivity index (χ1n) is 7.28. The maximum atomic E-state index is 13.5. The molecule has 0 saturated heterocycles. The molecule has 0 radical (unpaired) electrons. The monoisotopic (exact) mass is 335 g/mol. The van der Waals surface area contributed by atoms with Gasteiger partial charge in [-0.3, -0.25) is 4.79 Å². The first-order chi connectivity index (χ1) is 10.9. The zero-order valence-corrected chi connectivity index (χ0v) is 13.6. The van der Waals surface area contributed by atoms with E-state index in [1.807, 2.05) is 0 Å². The lowest BCUT2D eigenvalue weighted by molar-refractivity contribution is 0.0950. The highest BCUT2D eigenvalue weighted by Crippen LogP contribution is 2.12. The summed E-state index contributed by atoms with van der Waals surface area (Å²) < 4.78 is 36.9. The molecule has 2 rings (SSSR count). The summed E-state index contributed by atoms with van der Waals surface area (Å²) in [5.41, 5.74) is 0.908. The Kier molecular flexibility index (Phi) is 5.50. The topological polar surface area (TPSA) is 63.2 Å². The molecule has 6 heteroatoms. The van der Waals surface area contributed by atoms with Crippen molar-refractivity contribution in [1.29, 1.82) is 0 Å². The Hall–Kier alpha value is -2.21. The fourth-order valence-corrected chi connectivity index (χ4v) is 2.98. The van der Waals surface area contributed by atoms with Crippen LogP contribution in [0.2, 0.25) is 0 Å². The van der Waals surface area contributed by atoms with Crippen LogP contribution in [0.25, 0.3) is 0 Å². The second-order valence-corrected chi connectivity index (χ2v) is 7.31. The third-order valence-corrected chi connectivity index (χ3v) is 5.23. The fraction of sp³-hybridized carbons (Fsp3) is 0.235. The standard InChI is InChI=1S/C17H18FNO3S/c1-2-23(21,22)14-9-7-13(8-10-14)11-12-19-17(20)15-5-3-4-6-16(15)18/h3-10H,2,11-12H2,1H3,(H,19,20). The molecule has 0 spiro atoms. The molecule has 2 aromatic carbocycles. The van der Waals surface area contributed by atoms with Gasteiger partial charge < -0.3 is 5.32 Å². The molecule has 1 N–H and O–H groups in total. The summed E-state index contributed by atoms with van der Waals surface area (Å²) in [4.78, 5) is 12.1. The van der Waals surface area contributed by atoms with E-state index in [9.17, 15) is 17.6 Å². The Morgan fingerprint density at radius 3 is 2.35 bits per heavy atom. The molecule has 0 aliphatic rings. The summed E-state index contributed by atoms with van der Waals surface area (Å²) >= 11 is 0. The van der Waals surface area contributed by atoms with Crippen LogP contribution >= 0.6 is 0 Å². The summed E-state index contributed by atoms with van der Waals surface area (Å²) in [5, 5.41) is 2.65. The minimum atomic E-state index is -3.20. The molecule has 4 nitrogen and oxygen atoms in total. The van der Waals surface area contributed by atoms with E-state index in [2.05, 4.69) is 5.32 Å². The van der Waals surface area contributed by atoms with E-state index in [-0.39, 0.29) is 11.3 Å². The Labute approximate surface area is 135 Å². The van der Waals surface area contributed by atoms with Gasteiger partial charge in [0.15, 0.2) is 9.84 Å². The van der Waals surface area contributed by atoms with Crippen molar-refractivity contribution in [1.82, 2.24) is 5.32 Å². The van der Waals surface area contributed by atoms with E-state index >= 15 is 0 Å². The average Bonchev–Trinajstić information content (AvgIpc) is 2.55. The second kappa shape index (κ2) is 7.37. The molecular formula is C17H18FNO3S. The summed E-state index contributed by atoms with van der Waals surface area (Å²) in [5.74, 6) is -0.960. The van der Waals surface area contributed by atoms with Crippen LogP contribution in [0.5, 0.6) is 0 Å². The number of sulfone groups is 1. The molecule has 0 unspecified atom stereocenters. The van der Waals surface area contributed by atoms with E-state index in [4.69, 9.17) is 0 Å². The number of carbonyl (C=O) groups is 1. The van der Waals surface area contributed by atoms with Crippen LogP contribution < -0.4 is 5.32 Å². The molecule has 0 aliphatic heterocycles. The van der Waals surface area contributed by atoms with Crippen LogP contribution in [-0.2, 0) is 16.3 Å². The lowest BCUT2D eigenvalue weighted by Gasteiger charge is -2.07. The number of hydrogen-bond donors (Lipinski definition) is 1. The molecule has 0 aliphatic carbocycles. The van der Waals surface area contributed by atoms with E-state index < -0.39 is 21.6 Å². The number of amides is 1. The molecule has 0 bridgehead atoms. The number of halogens is 1. The minimum Gasteiger partial charge on any atom is -0.352 e. The maximum Gasteiger partial charge on any atom is 0.254 e. The van der Waals surface area contributed by atoms with Crippen molar-refractivity contribution in [2.45, 2.75) is 18.2 Å². The number of hydrogen-bond acceptors (Lipinski definition) is 3. The molecule has 0 aromatic heterocycles. The summed E-state index contributed by atoms with van der Waals surface area (Å²) in [6.45, 7) is 1.94. The Bertz CT molecular complexity index is 786. The number of benzene rings is 2. The summed E-state index contributed by atoms with van der Waals surface area (Å²) in [6.07, 6.45) is 0.534. The van der Waals surface area contributed by atoms with Crippen LogP contribution in [0, 0.1) is 5.82 Å². The zero-order chi connectivity index (χ0) is 16.9. The van der Waals surface area contributed by atoms with E-state index in [0.717, 1.165) is 5.56 Å². The third-order valence-electron chi connectivity index (χ3n) is 3.48. The van der Waals surface area contributed by atoms with Crippen LogP contribution in [0.15, 0.2) is 53.4 Å². The normalized spacial score (nSPS) is 11.2. The highest BCUT2D eigenvalue weighted by Gasteiger charge is 2.11.